The van der Waals surface area contributed by atoms with Crippen LogP contribution in [-0.2, 0) is 6.18 Å². The van der Waals surface area contributed by atoms with Crippen molar-refractivity contribution in [3.8, 4) is 0 Å². The van der Waals surface area contributed by atoms with Crippen LogP contribution in [0.1, 0.15) is 5.56 Å². The minimum Gasteiger partial charge on any atom is -0.305 e. The van der Waals surface area contributed by atoms with Gasteiger partial charge in [0.15, 0.2) is 0 Å². The minimum absolute atomic E-state index is 0.0954. The Morgan fingerprint density at radius 2 is 1.81 bits per heavy atom. The molecule has 0 saturated heterocycles. The number of nitrogens with zero attached hydrogens (tertiary/aromatic N) is 1. The summed E-state index contributed by atoms with van der Waals surface area (Å²) in [7, 11) is 0. The first kappa shape index (κ1) is 14.8. The van der Waals surface area contributed by atoms with E-state index in [1.54, 1.807) is 0 Å². The number of urea groups is 1. The van der Waals surface area contributed by atoms with Crippen molar-refractivity contribution in [2.75, 3.05) is 10.6 Å². The van der Waals surface area contributed by atoms with Gasteiger partial charge in [0.25, 0.3) is 0 Å². The molecule has 0 atom stereocenters. The van der Waals surface area contributed by atoms with E-state index in [9.17, 15) is 22.4 Å². The van der Waals surface area contributed by atoms with Gasteiger partial charge >= 0.3 is 12.2 Å². The van der Waals surface area contributed by atoms with Crippen LogP contribution in [0.3, 0.4) is 0 Å². The number of carbonyl (C=O) groups is 1. The zero-order chi connectivity index (χ0) is 15.5. The summed E-state index contributed by atoms with van der Waals surface area (Å²) < 4.78 is 50.8. The fourth-order valence-corrected chi connectivity index (χ4v) is 1.51. The molecule has 0 radical (unpaired) electrons. The molecule has 2 aromatic rings. The molecule has 0 bridgehead atoms. The highest BCUT2D eigenvalue weighted by Gasteiger charge is 2.30. The highest BCUT2D eigenvalue weighted by atomic mass is 19.4. The predicted molar refractivity (Wildman–Crippen MR) is 68.3 cm³/mol. The Morgan fingerprint density at radius 3 is 2.48 bits per heavy atom. The molecule has 0 aliphatic heterocycles. The summed E-state index contributed by atoms with van der Waals surface area (Å²) in [6, 6.07) is 5.95. The van der Waals surface area contributed by atoms with Gasteiger partial charge in [-0.2, -0.15) is 13.2 Å². The number of hydrogen-bond acceptors (Lipinski definition) is 2. The second-order valence-corrected chi connectivity index (χ2v) is 3.99. The maximum atomic E-state index is 13.3. The second-order valence-electron chi connectivity index (χ2n) is 3.99. The van der Waals surface area contributed by atoms with E-state index in [1.165, 1.54) is 18.2 Å². The van der Waals surface area contributed by atoms with Crippen LogP contribution in [0.4, 0.5) is 33.9 Å². The normalized spacial score (nSPS) is 11.0. The van der Waals surface area contributed by atoms with Crippen LogP contribution < -0.4 is 10.6 Å². The van der Waals surface area contributed by atoms with Crippen LogP contribution in [0.25, 0.3) is 0 Å². The number of nitrogens with one attached hydrogen (secondary N) is 2. The lowest BCUT2D eigenvalue weighted by molar-refractivity contribution is -0.137. The third kappa shape index (κ3) is 3.91. The van der Waals surface area contributed by atoms with Crippen molar-refractivity contribution in [3.63, 3.8) is 0 Å². The van der Waals surface area contributed by atoms with Gasteiger partial charge in [-0.05, 0) is 24.3 Å². The zero-order valence-corrected chi connectivity index (χ0v) is 10.4. The third-order valence-corrected chi connectivity index (χ3v) is 2.45. The van der Waals surface area contributed by atoms with Crippen molar-refractivity contribution in [3.05, 3.63) is 54.0 Å². The van der Waals surface area contributed by atoms with Crippen molar-refractivity contribution in [2.24, 2.45) is 0 Å². The summed E-state index contributed by atoms with van der Waals surface area (Å²) in [5.41, 5.74) is -1.04. The molecular formula is C13H9F4N3O. The average molecular weight is 299 g/mol. The Labute approximate surface area is 116 Å². The highest BCUT2D eigenvalue weighted by Crippen LogP contribution is 2.29. The molecule has 2 rings (SSSR count). The van der Waals surface area contributed by atoms with Gasteiger partial charge in [0.1, 0.15) is 11.6 Å². The monoisotopic (exact) mass is 299 g/mol. The van der Waals surface area contributed by atoms with Gasteiger partial charge in [0, 0.05) is 6.20 Å². The number of alkyl halides is 3. The Bertz CT molecular complexity index is 658. The first-order valence-corrected chi connectivity index (χ1v) is 5.72. The summed E-state index contributed by atoms with van der Waals surface area (Å²) in [6.07, 6.45) is -3.62. The van der Waals surface area contributed by atoms with Crippen LogP contribution in [0.2, 0.25) is 0 Å². The maximum absolute atomic E-state index is 13.3. The summed E-state index contributed by atoms with van der Waals surface area (Å²) in [5.74, 6) is -0.955. The molecule has 0 unspecified atom stereocenters. The standard InChI is InChI=1S/C13H9F4N3O/c14-9-3-1-2-4-10(9)19-12(21)20-11-7-8(5-6-18-11)13(15,16)17/h1-7H,(H2,18,19,20,21). The Kier molecular flexibility index (Phi) is 4.06. The van der Waals surface area contributed by atoms with Gasteiger partial charge in [-0.15, -0.1) is 0 Å². The van der Waals surface area contributed by atoms with E-state index >= 15 is 0 Å². The lowest BCUT2D eigenvalue weighted by atomic mass is 10.2. The van der Waals surface area contributed by atoms with Crippen LogP contribution in [0, 0.1) is 5.82 Å². The Hall–Kier alpha value is -2.64. The number of halogens is 4. The van der Waals surface area contributed by atoms with Crippen molar-refractivity contribution < 1.29 is 22.4 Å². The Balaban J connectivity index is 2.08. The van der Waals surface area contributed by atoms with E-state index < -0.39 is 23.6 Å². The molecule has 1 aromatic heterocycles. The average Bonchev–Trinajstić information content (AvgIpc) is 2.41. The Morgan fingerprint density at radius 1 is 1.10 bits per heavy atom. The molecule has 2 amide bonds. The molecule has 8 heteroatoms. The molecule has 1 heterocycles. The van der Waals surface area contributed by atoms with Gasteiger partial charge in [0.2, 0.25) is 0 Å². The van der Waals surface area contributed by atoms with Crippen LogP contribution in [0.5, 0.6) is 0 Å². The molecule has 4 nitrogen and oxygen atoms in total. The quantitative estimate of drug-likeness (QED) is 0.827. The zero-order valence-electron chi connectivity index (χ0n) is 10.4. The first-order valence-electron chi connectivity index (χ1n) is 5.72. The summed E-state index contributed by atoms with van der Waals surface area (Å²) in [4.78, 5) is 15.2. The number of benzene rings is 1. The molecule has 0 spiro atoms. The van der Waals surface area contributed by atoms with Gasteiger partial charge in [0.05, 0.1) is 11.3 Å². The predicted octanol–water partition coefficient (Wildman–Crippen LogP) is 3.88. The van der Waals surface area contributed by atoms with Crippen LogP contribution in [-0.4, -0.2) is 11.0 Å². The number of hydrogen-bond donors (Lipinski definition) is 2. The van der Waals surface area contributed by atoms with E-state index in [-0.39, 0.29) is 11.5 Å². The molecule has 21 heavy (non-hydrogen) atoms. The van der Waals surface area contributed by atoms with E-state index in [2.05, 4.69) is 15.6 Å². The van der Waals surface area contributed by atoms with Crippen molar-refractivity contribution in [1.82, 2.24) is 4.98 Å². The van der Waals surface area contributed by atoms with E-state index in [0.717, 1.165) is 18.3 Å². The van der Waals surface area contributed by atoms with Crippen molar-refractivity contribution in [2.45, 2.75) is 6.18 Å². The molecule has 110 valence electrons. The van der Waals surface area contributed by atoms with E-state index in [0.29, 0.717) is 6.07 Å². The lowest BCUT2D eigenvalue weighted by Gasteiger charge is -2.10. The third-order valence-electron chi connectivity index (χ3n) is 2.45. The second kappa shape index (κ2) is 5.78. The van der Waals surface area contributed by atoms with Crippen LogP contribution in [0.15, 0.2) is 42.6 Å². The molecule has 1 aromatic carbocycles. The summed E-state index contributed by atoms with van der Waals surface area (Å²) in [6.45, 7) is 0. The number of aromatic nitrogens is 1. The first-order chi connectivity index (χ1) is 9.86. The SMILES string of the molecule is O=C(Nc1cc(C(F)(F)F)ccn1)Nc1ccccc1F. The molecule has 0 aliphatic carbocycles. The van der Waals surface area contributed by atoms with Crippen molar-refractivity contribution >= 4 is 17.5 Å². The van der Waals surface area contributed by atoms with Crippen molar-refractivity contribution in [1.29, 1.82) is 0 Å². The maximum Gasteiger partial charge on any atom is 0.416 e. The highest BCUT2D eigenvalue weighted by molar-refractivity contribution is 5.99. The molecule has 2 N–H and O–H groups in total. The molecule has 0 fully saturated rings. The molecule has 0 saturated carbocycles. The number of pyridine rings is 1. The van der Waals surface area contributed by atoms with E-state index in [4.69, 9.17) is 0 Å². The number of carbonyl (C=O) groups excluding carboxylic acids is 1. The fraction of sp³-hybridized carbons (Fsp3) is 0.0769. The van der Waals surface area contributed by atoms with E-state index in [1.807, 2.05) is 0 Å². The number of rotatable bonds is 2. The summed E-state index contributed by atoms with van der Waals surface area (Å²) in [5, 5.41) is 4.27. The largest absolute Gasteiger partial charge is 0.416 e. The van der Waals surface area contributed by atoms with Gasteiger partial charge in [-0.3, -0.25) is 5.32 Å². The number of amides is 2. The van der Waals surface area contributed by atoms with Gasteiger partial charge in [-0.25, -0.2) is 14.2 Å². The number of anilines is 2. The minimum atomic E-state index is -4.54. The smallest absolute Gasteiger partial charge is 0.305 e. The number of para-hydroxylation sites is 1. The molecule has 0 aliphatic rings. The summed E-state index contributed by atoms with van der Waals surface area (Å²) >= 11 is 0. The lowest BCUT2D eigenvalue weighted by Crippen LogP contribution is -2.21. The fourth-order valence-electron chi connectivity index (χ4n) is 1.51. The molecular weight excluding hydrogens is 290 g/mol. The van der Waals surface area contributed by atoms with Crippen LogP contribution >= 0.6 is 0 Å². The van der Waals surface area contributed by atoms with Gasteiger partial charge < -0.3 is 5.32 Å². The topological polar surface area (TPSA) is 54.0 Å². The van der Waals surface area contributed by atoms with Gasteiger partial charge in [-0.1, -0.05) is 12.1 Å².